The number of nitrogens with zero attached hydrogens (tertiary/aromatic N) is 3. The first-order valence-corrected chi connectivity index (χ1v) is 7.04. The third-order valence-electron chi connectivity index (χ3n) is 3.80. The van der Waals surface area contributed by atoms with Gasteiger partial charge in [-0.3, -0.25) is 14.9 Å². The summed E-state index contributed by atoms with van der Waals surface area (Å²) in [5.41, 5.74) is 2.10. The van der Waals surface area contributed by atoms with Gasteiger partial charge in [0.2, 0.25) is 0 Å². The van der Waals surface area contributed by atoms with Crippen molar-refractivity contribution in [1.29, 1.82) is 0 Å². The van der Waals surface area contributed by atoms with Crippen LogP contribution in [0.2, 0.25) is 0 Å². The summed E-state index contributed by atoms with van der Waals surface area (Å²) in [6.45, 7) is 2.83. The maximum absolute atomic E-state index is 13.2. The van der Waals surface area contributed by atoms with Crippen molar-refractivity contribution in [2.45, 2.75) is 25.3 Å². The topological polar surface area (TPSA) is 29.0 Å². The van der Waals surface area contributed by atoms with Crippen molar-refractivity contribution in [1.82, 2.24) is 14.9 Å². The number of hydrogen-bond acceptors (Lipinski definition) is 3. The Labute approximate surface area is 118 Å². The van der Waals surface area contributed by atoms with Gasteiger partial charge < -0.3 is 0 Å². The largest absolute Gasteiger partial charge is 0.298 e. The Morgan fingerprint density at radius 3 is 3.05 bits per heavy atom. The summed E-state index contributed by atoms with van der Waals surface area (Å²) >= 11 is 0. The molecule has 0 unspecified atom stereocenters. The summed E-state index contributed by atoms with van der Waals surface area (Å²) in [6, 6.07) is 6.86. The molecule has 4 heteroatoms. The number of halogens is 1. The lowest BCUT2D eigenvalue weighted by Gasteiger charge is -2.32. The van der Waals surface area contributed by atoms with E-state index >= 15 is 0 Å². The smallest absolute Gasteiger partial charge is 0.123 e. The Balaban J connectivity index is 1.66. The average Bonchev–Trinajstić information content (AvgIpc) is 2.48. The van der Waals surface area contributed by atoms with Gasteiger partial charge in [0.05, 0.1) is 5.69 Å². The Kier molecular flexibility index (Phi) is 4.02. The van der Waals surface area contributed by atoms with Gasteiger partial charge in [0, 0.05) is 37.6 Å². The van der Waals surface area contributed by atoms with Crippen LogP contribution in [0, 0.1) is 5.82 Å². The minimum Gasteiger partial charge on any atom is -0.298 e. The fourth-order valence-electron chi connectivity index (χ4n) is 2.86. The number of hydrogen-bond donors (Lipinski definition) is 0. The molecule has 3 rings (SSSR count). The number of piperidine rings is 1. The molecule has 1 aromatic heterocycles. The molecular formula is C16H18FN3. The van der Waals surface area contributed by atoms with Gasteiger partial charge in [0.25, 0.3) is 0 Å². The lowest BCUT2D eigenvalue weighted by atomic mass is 9.94. The van der Waals surface area contributed by atoms with E-state index in [9.17, 15) is 4.39 Å². The molecule has 104 valence electrons. The van der Waals surface area contributed by atoms with E-state index in [0.29, 0.717) is 5.92 Å². The van der Waals surface area contributed by atoms with E-state index in [1.54, 1.807) is 24.5 Å². The molecule has 0 spiro atoms. The molecule has 1 aromatic carbocycles. The Bertz CT molecular complexity index is 559. The summed E-state index contributed by atoms with van der Waals surface area (Å²) in [6.07, 6.45) is 7.61. The first-order chi connectivity index (χ1) is 9.81. The average molecular weight is 271 g/mol. The lowest BCUT2D eigenvalue weighted by molar-refractivity contribution is 0.198. The fourth-order valence-corrected chi connectivity index (χ4v) is 2.86. The molecule has 1 atom stereocenters. The van der Waals surface area contributed by atoms with Crippen LogP contribution >= 0.6 is 0 Å². The number of benzene rings is 1. The Morgan fingerprint density at radius 2 is 2.25 bits per heavy atom. The zero-order chi connectivity index (χ0) is 13.8. The normalized spacial score (nSPS) is 19.9. The summed E-state index contributed by atoms with van der Waals surface area (Å²) in [5.74, 6) is 0.274. The lowest BCUT2D eigenvalue weighted by Crippen LogP contribution is -2.34. The van der Waals surface area contributed by atoms with E-state index in [2.05, 4.69) is 14.9 Å². The minimum atomic E-state index is -0.162. The predicted octanol–water partition coefficient (Wildman–Crippen LogP) is 3.00. The van der Waals surface area contributed by atoms with Crippen LogP contribution in [0.25, 0.3) is 0 Å². The van der Waals surface area contributed by atoms with Gasteiger partial charge in [-0.1, -0.05) is 12.1 Å². The van der Waals surface area contributed by atoms with E-state index < -0.39 is 0 Å². The molecule has 0 N–H and O–H groups in total. The SMILES string of the molecule is Fc1cccc(CN2CCC[C@H](c3cnccn3)C2)c1. The van der Waals surface area contributed by atoms with E-state index in [1.807, 2.05) is 12.3 Å². The Hall–Kier alpha value is -1.81. The van der Waals surface area contributed by atoms with Gasteiger partial charge in [-0.15, -0.1) is 0 Å². The van der Waals surface area contributed by atoms with Gasteiger partial charge in [-0.25, -0.2) is 4.39 Å². The van der Waals surface area contributed by atoms with Crippen LogP contribution in [-0.2, 0) is 6.54 Å². The first-order valence-electron chi connectivity index (χ1n) is 7.04. The fraction of sp³-hybridized carbons (Fsp3) is 0.375. The molecule has 0 aliphatic carbocycles. The molecule has 1 fully saturated rings. The monoisotopic (exact) mass is 271 g/mol. The van der Waals surface area contributed by atoms with Crippen molar-refractivity contribution in [3.05, 3.63) is 59.9 Å². The van der Waals surface area contributed by atoms with Crippen molar-refractivity contribution in [2.75, 3.05) is 13.1 Å². The van der Waals surface area contributed by atoms with Gasteiger partial charge in [-0.2, -0.15) is 0 Å². The third-order valence-corrected chi connectivity index (χ3v) is 3.80. The highest BCUT2D eigenvalue weighted by molar-refractivity contribution is 5.16. The van der Waals surface area contributed by atoms with Crippen LogP contribution in [0.4, 0.5) is 4.39 Å². The van der Waals surface area contributed by atoms with Crippen LogP contribution in [0.3, 0.4) is 0 Å². The van der Waals surface area contributed by atoms with Crippen LogP contribution in [0.5, 0.6) is 0 Å². The number of aromatic nitrogens is 2. The molecule has 1 aliphatic heterocycles. The first kappa shape index (κ1) is 13.2. The van der Waals surface area contributed by atoms with Crippen molar-refractivity contribution >= 4 is 0 Å². The quantitative estimate of drug-likeness (QED) is 0.859. The molecule has 2 heterocycles. The zero-order valence-electron chi connectivity index (χ0n) is 11.4. The second-order valence-electron chi connectivity index (χ2n) is 5.33. The van der Waals surface area contributed by atoms with Gasteiger partial charge >= 0.3 is 0 Å². The summed E-state index contributed by atoms with van der Waals surface area (Å²) < 4.78 is 13.2. The summed E-state index contributed by atoms with van der Waals surface area (Å²) in [5, 5.41) is 0. The maximum Gasteiger partial charge on any atom is 0.123 e. The second-order valence-corrected chi connectivity index (χ2v) is 5.33. The van der Waals surface area contributed by atoms with Crippen molar-refractivity contribution in [3.63, 3.8) is 0 Å². The standard InChI is InChI=1S/C16H18FN3/c17-15-5-1-3-13(9-15)11-20-8-2-4-14(12-20)16-10-18-6-7-19-16/h1,3,5-7,9-10,14H,2,4,8,11-12H2/t14-/m0/s1. The van der Waals surface area contributed by atoms with Crippen LogP contribution in [0.15, 0.2) is 42.9 Å². The van der Waals surface area contributed by atoms with Crippen LogP contribution in [0.1, 0.15) is 30.0 Å². The Morgan fingerprint density at radius 1 is 1.30 bits per heavy atom. The molecule has 2 aromatic rings. The van der Waals surface area contributed by atoms with Crippen molar-refractivity contribution in [3.8, 4) is 0 Å². The summed E-state index contributed by atoms with van der Waals surface area (Å²) in [7, 11) is 0. The van der Waals surface area contributed by atoms with Crippen LogP contribution < -0.4 is 0 Å². The molecule has 0 saturated carbocycles. The molecule has 0 radical (unpaired) electrons. The second kappa shape index (κ2) is 6.09. The van der Waals surface area contributed by atoms with E-state index in [1.165, 1.54) is 6.07 Å². The number of rotatable bonds is 3. The summed E-state index contributed by atoms with van der Waals surface area (Å²) in [4.78, 5) is 10.9. The highest BCUT2D eigenvalue weighted by atomic mass is 19.1. The number of likely N-dealkylation sites (tertiary alicyclic amines) is 1. The highest BCUT2D eigenvalue weighted by Crippen LogP contribution is 2.25. The molecule has 3 nitrogen and oxygen atoms in total. The van der Waals surface area contributed by atoms with E-state index in [-0.39, 0.29) is 5.82 Å². The maximum atomic E-state index is 13.2. The van der Waals surface area contributed by atoms with Gasteiger partial charge in [0.1, 0.15) is 5.82 Å². The molecule has 1 aliphatic rings. The minimum absolute atomic E-state index is 0.162. The van der Waals surface area contributed by atoms with Gasteiger partial charge in [0.15, 0.2) is 0 Å². The molecular weight excluding hydrogens is 253 g/mol. The van der Waals surface area contributed by atoms with Gasteiger partial charge in [-0.05, 0) is 37.1 Å². The third kappa shape index (κ3) is 3.20. The molecule has 0 bridgehead atoms. The highest BCUT2D eigenvalue weighted by Gasteiger charge is 2.22. The van der Waals surface area contributed by atoms with Crippen molar-refractivity contribution in [2.24, 2.45) is 0 Å². The zero-order valence-corrected chi connectivity index (χ0v) is 11.4. The molecule has 0 amide bonds. The molecule has 20 heavy (non-hydrogen) atoms. The molecule has 1 saturated heterocycles. The van der Waals surface area contributed by atoms with Crippen LogP contribution in [-0.4, -0.2) is 28.0 Å². The predicted molar refractivity (Wildman–Crippen MR) is 75.7 cm³/mol. The van der Waals surface area contributed by atoms with Crippen molar-refractivity contribution < 1.29 is 4.39 Å². The van der Waals surface area contributed by atoms with E-state index in [4.69, 9.17) is 0 Å². The van der Waals surface area contributed by atoms with E-state index in [0.717, 1.165) is 43.7 Å².